The molecule has 1 aliphatic rings. The Kier molecular flexibility index (Phi) is 4.53. The highest BCUT2D eigenvalue weighted by molar-refractivity contribution is 6.20. The van der Waals surface area contributed by atoms with Crippen molar-refractivity contribution in [1.29, 1.82) is 0 Å². The van der Waals surface area contributed by atoms with Crippen molar-refractivity contribution in [2.24, 2.45) is 0 Å². The lowest BCUT2D eigenvalue weighted by Gasteiger charge is -2.02. The van der Waals surface area contributed by atoms with E-state index in [9.17, 15) is 0 Å². The summed E-state index contributed by atoms with van der Waals surface area (Å²) in [6.45, 7) is 3.12. The fraction of sp³-hybridized carbons (Fsp3) is 0.0909. The summed E-state index contributed by atoms with van der Waals surface area (Å²) in [5.74, 6) is 0. The molecule has 0 saturated heterocycles. The second kappa shape index (κ2) is 7.89. The lowest BCUT2D eigenvalue weighted by atomic mass is 10.1. The molecule has 2 nitrogen and oxygen atoms in total. The van der Waals surface area contributed by atoms with Gasteiger partial charge in [-0.2, -0.15) is 0 Å². The van der Waals surface area contributed by atoms with Crippen LogP contribution in [-0.4, -0.2) is 4.57 Å². The fourth-order valence-electron chi connectivity index (χ4n) is 5.73. The van der Waals surface area contributed by atoms with E-state index < -0.39 is 0 Å². The molecular formula is C33H25NO. The summed E-state index contributed by atoms with van der Waals surface area (Å²) < 4.78 is 8.57. The van der Waals surface area contributed by atoms with Gasteiger partial charge in [0.2, 0.25) is 0 Å². The van der Waals surface area contributed by atoms with Crippen LogP contribution in [0.25, 0.3) is 54.9 Å². The van der Waals surface area contributed by atoms with Gasteiger partial charge < -0.3 is 8.98 Å². The average Bonchev–Trinajstić information content (AvgIpc) is 3.58. The van der Waals surface area contributed by atoms with Crippen molar-refractivity contribution in [2.45, 2.75) is 19.9 Å². The maximum absolute atomic E-state index is 6.22. The number of nitrogens with zero attached hydrogens (tertiary/aromatic N) is 1. The second-order valence-corrected chi connectivity index (χ2v) is 9.19. The molecule has 0 saturated carbocycles. The summed E-state index contributed by atoms with van der Waals surface area (Å²) in [7, 11) is 0. The Hall–Kier alpha value is -4.30. The summed E-state index contributed by atoms with van der Waals surface area (Å²) in [5, 5.41) is 4.94. The van der Waals surface area contributed by atoms with E-state index in [-0.39, 0.29) is 0 Å². The van der Waals surface area contributed by atoms with Gasteiger partial charge in [-0.05, 0) is 53.8 Å². The number of para-hydroxylation sites is 2. The zero-order valence-corrected chi connectivity index (χ0v) is 19.7. The molecule has 2 aromatic heterocycles. The summed E-state index contributed by atoms with van der Waals surface area (Å²) in [4.78, 5) is 0. The van der Waals surface area contributed by atoms with Crippen LogP contribution in [0.5, 0.6) is 0 Å². The smallest absolute Gasteiger partial charge is 0.159 e. The third-order valence-electron chi connectivity index (χ3n) is 7.30. The Balaban J connectivity index is 0.000000137. The maximum atomic E-state index is 6.22. The van der Waals surface area contributed by atoms with Crippen LogP contribution in [0.15, 0.2) is 114 Å². The first-order chi connectivity index (χ1) is 17.3. The Morgan fingerprint density at radius 1 is 0.600 bits per heavy atom. The van der Waals surface area contributed by atoms with Crippen molar-refractivity contribution in [3.63, 3.8) is 0 Å². The molecule has 0 N–H and O–H groups in total. The number of aryl methyl sites for hydroxylation is 1. The third kappa shape index (κ3) is 3.03. The van der Waals surface area contributed by atoms with Crippen LogP contribution in [0.4, 0.5) is 0 Å². The molecule has 0 fully saturated rings. The van der Waals surface area contributed by atoms with Crippen molar-refractivity contribution in [3.8, 4) is 11.1 Å². The van der Waals surface area contributed by atoms with Crippen LogP contribution < -0.4 is 0 Å². The van der Waals surface area contributed by atoms with Crippen LogP contribution >= 0.6 is 0 Å². The minimum Gasteiger partial charge on any atom is -0.454 e. The van der Waals surface area contributed by atoms with Crippen molar-refractivity contribution in [1.82, 2.24) is 4.57 Å². The molecule has 35 heavy (non-hydrogen) atoms. The van der Waals surface area contributed by atoms with E-state index in [1.807, 2.05) is 12.1 Å². The van der Waals surface area contributed by atoms with E-state index in [1.54, 1.807) is 0 Å². The number of hydrogen-bond donors (Lipinski definition) is 0. The molecule has 168 valence electrons. The van der Waals surface area contributed by atoms with Crippen LogP contribution in [-0.2, 0) is 13.0 Å². The molecule has 8 rings (SSSR count). The molecule has 0 aliphatic heterocycles. The number of hydrogen-bond acceptors (Lipinski definition) is 1. The normalized spacial score (nSPS) is 12.1. The highest BCUT2D eigenvalue weighted by Crippen LogP contribution is 2.38. The predicted octanol–water partition coefficient (Wildman–Crippen LogP) is 8.97. The largest absolute Gasteiger partial charge is 0.454 e. The van der Waals surface area contributed by atoms with Crippen molar-refractivity contribution >= 4 is 43.7 Å². The van der Waals surface area contributed by atoms with Gasteiger partial charge in [-0.25, -0.2) is 0 Å². The summed E-state index contributed by atoms with van der Waals surface area (Å²) in [5.41, 5.74) is 10.2. The number of aromatic nitrogens is 1. The predicted molar refractivity (Wildman–Crippen MR) is 147 cm³/mol. The molecule has 0 radical (unpaired) electrons. The zero-order valence-electron chi connectivity index (χ0n) is 19.7. The molecule has 0 bridgehead atoms. The molecule has 1 aliphatic carbocycles. The first kappa shape index (κ1) is 20.1. The fourth-order valence-corrected chi connectivity index (χ4v) is 5.73. The SMILES string of the molecule is CCn1c2ccccc2c2ccc3c4ccccc4oc3c21.c1ccc2c(c1)Cc1ccccc1-2. The molecule has 2 heteroatoms. The molecule has 0 atom stereocenters. The maximum Gasteiger partial charge on any atom is 0.159 e. The van der Waals surface area contributed by atoms with Gasteiger partial charge in [0.05, 0.1) is 5.52 Å². The van der Waals surface area contributed by atoms with Crippen LogP contribution in [0.2, 0.25) is 0 Å². The highest BCUT2D eigenvalue weighted by Gasteiger charge is 2.17. The van der Waals surface area contributed by atoms with Crippen LogP contribution in [0.3, 0.4) is 0 Å². The molecule has 2 heterocycles. The van der Waals surface area contributed by atoms with E-state index in [4.69, 9.17) is 4.42 Å². The zero-order chi connectivity index (χ0) is 23.4. The van der Waals surface area contributed by atoms with E-state index in [1.165, 1.54) is 54.8 Å². The van der Waals surface area contributed by atoms with Crippen LogP contribution in [0.1, 0.15) is 18.1 Å². The lowest BCUT2D eigenvalue weighted by molar-refractivity contribution is 0.668. The van der Waals surface area contributed by atoms with Crippen molar-refractivity contribution in [2.75, 3.05) is 0 Å². The van der Waals surface area contributed by atoms with Gasteiger partial charge in [0, 0.05) is 33.6 Å². The van der Waals surface area contributed by atoms with Crippen molar-refractivity contribution < 1.29 is 4.42 Å². The Morgan fingerprint density at radius 3 is 1.94 bits per heavy atom. The standard InChI is InChI=1S/C20H15NO.C13H10/c1-2-21-17-9-5-3-7-13(17)15-11-12-16-14-8-4-6-10-18(14)22-20(16)19(15)21;1-3-7-12-10(5-1)9-11-6-2-4-8-13(11)12/h3-12H,2H2,1H3;1-8H,9H2. The number of furan rings is 1. The molecule has 0 spiro atoms. The van der Waals surface area contributed by atoms with Gasteiger partial charge in [-0.1, -0.05) is 91.0 Å². The van der Waals surface area contributed by atoms with Gasteiger partial charge in [0.15, 0.2) is 5.58 Å². The Labute approximate surface area is 204 Å². The molecule has 0 amide bonds. The second-order valence-electron chi connectivity index (χ2n) is 9.19. The number of fused-ring (bicyclic) bond motifs is 10. The quantitative estimate of drug-likeness (QED) is 0.243. The monoisotopic (exact) mass is 451 g/mol. The van der Waals surface area contributed by atoms with Gasteiger partial charge >= 0.3 is 0 Å². The summed E-state index contributed by atoms with van der Waals surface area (Å²) in [6.07, 6.45) is 1.10. The minimum absolute atomic E-state index is 0.931. The topological polar surface area (TPSA) is 18.1 Å². The Bertz CT molecular complexity index is 1820. The number of rotatable bonds is 1. The highest BCUT2D eigenvalue weighted by atomic mass is 16.3. The first-order valence-electron chi connectivity index (χ1n) is 12.3. The van der Waals surface area contributed by atoms with Gasteiger partial charge in [-0.3, -0.25) is 0 Å². The van der Waals surface area contributed by atoms with Gasteiger partial charge in [0.25, 0.3) is 0 Å². The van der Waals surface area contributed by atoms with Gasteiger partial charge in [-0.15, -0.1) is 0 Å². The lowest BCUT2D eigenvalue weighted by Crippen LogP contribution is -1.92. The van der Waals surface area contributed by atoms with E-state index in [2.05, 4.69) is 109 Å². The minimum atomic E-state index is 0.931. The Morgan fingerprint density at radius 2 is 1.20 bits per heavy atom. The first-order valence-corrected chi connectivity index (χ1v) is 12.3. The van der Waals surface area contributed by atoms with E-state index in [0.29, 0.717) is 0 Å². The number of benzene rings is 5. The molecular weight excluding hydrogens is 426 g/mol. The molecule has 0 unspecified atom stereocenters. The van der Waals surface area contributed by atoms with Crippen molar-refractivity contribution in [3.05, 3.63) is 120 Å². The van der Waals surface area contributed by atoms with E-state index in [0.717, 1.165) is 24.1 Å². The van der Waals surface area contributed by atoms with Gasteiger partial charge in [0.1, 0.15) is 5.58 Å². The summed E-state index contributed by atoms with van der Waals surface area (Å²) >= 11 is 0. The van der Waals surface area contributed by atoms with Crippen LogP contribution in [0, 0.1) is 0 Å². The summed E-state index contributed by atoms with van der Waals surface area (Å²) in [6, 6.07) is 38.6. The third-order valence-corrected chi connectivity index (χ3v) is 7.30. The average molecular weight is 452 g/mol. The molecule has 5 aromatic carbocycles. The molecule has 7 aromatic rings. The van der Waals surface area contributed by atoms with E-state index >= 15 is 0 Å².